The zero-order valence-corrected chi connectivity index (χ0v) is 25.6. The smallest absolute Gasteiger partial charge is 0.252 e. The number of nitrogens with zero attached hydrogens (tertiary/aromatic N) is 2. The van der Waals surface area contributed by atoms with Crippen molar-refractivity contribution in [1.82, 2.24) is 15.3 Å². The van der Waals surface area contributed by atoms with Crippen LogP contribution in [0.25, 0.3) is 0 Å². The number of pyridine rings is 2. The van der Waals surface area contributed by atoms with Gasteiger partial charge in [0.15, 0.2) is 0 Å². The molecule has 2 aliphatic carbocycles. The summed E-state index contributed by atoms with van der Waals surface area (Å²) in [4.78, 5) is 30.8. The summed E-state index contributed by atoms with van der Waals surface area (Å²) in [6, 6.07) is 17.9. The van der Waals surface area contributed by atoms with Crippen molar-refractivity contribution in [2.24, 2.45) is 17.6 Å². The van der Waals surface area contributed by atoms with E-state index in [9.17, 15) is 18.4 Å². The first-order valence-electron chi connectivity index (χ1n) is 13.4. The predicted octanol–water partition coefficient (Wildman–Crippen LogP) is 7.67. The molecule has 6 rings (SSSR count). The van der Waals surface area contributed by atoms with Crippen LogP contribution in [0.4, 0.5) is 8.78 Å². The van der Waals surface area contributed by atoms with Crippen LogP contribution in [-0.2, 0) is 11.1 Å². The highest BCUT2D eigenvalue weighted by Crippen LogP contribution is 2.51. The Hall–Kier alpha value is -3.43. The van der Waals surface area contributed by atoms with E-state index >= 15 is 0 Å². The molecule has 0 saturated heterocycles. The fraction of sp³-hybridized carbons (Fsp3) is 0.250. The summed E-state index contributed by atoms with van der Waals surface area (Å²) in [5, 5.41) is 3.42. The SMILES string of the molecule is CC1CC1(N)c1ccc(Cl)nc1.CC1CC1(NC(=O)c1ccc(F)cc1)c1ccc(Cl)nc1.O=C(Cl)c1ccc(F)cc1. The van der Waals surface area contributed by atoms with E-state index in [1.165, 1.54) is 48.5 Å². The van der Waals surface area contributed by atoms with E-state index in [1.54, 1.807) is 24.5 Å². The number of carbonyl (C=O) groups is 2. The van der Waals surface area contributed by atoms with Gasteiger partial charge < -0.3 is 11.1 Å². The molecule has 11 heteroatoms. The average molecular weight is 646 g/mol. The van der Waals surface area contributed by atoms with Gasteiger partial charge in [0.1, 0.15) is 21.9 Å². The van der Waals surface area contributed by atoms with Crippen molar-refractivity contribution in [3.05, 3.63) is 129 Å². The number of carbonyl (C=O) groups excluding carboxylic acids is 2. The van der Waals surface area contributed by atoms with Gasteiger partial charge in [-0.1, -0.05) is 49.2 Å². The third-order valence-electron chi connectivity index (χ3n) is 7.69. The lowest BCUT2D eigenvalue weighted by Gasteiger charge is -2.19. The molecule has 0 radical (unpaired) electrons. The van der Waals surface area contributed by atoms with Gasteiger partial charge in [-0.05, 0) is 108 Å². The van der Waals surface area contributed by atoms with E-state index < -0.39 is 10.8 Å². The van der Waals surface area contributed by atoms with Gasteiger partial charge in [0.05, 0.1) is 5.54 Å². The minimum Gasteiger partial charge on any atom is -0.342 e. The summed E-state index contributed by atoms with van der Waals surface area (Å²) in [5.41, 5.74) is 8.34. The van der Waals surface area contributed by atoms with E-state index in [4.69, 9.17) is 40.5 Å². The number of rotatable bonds is 5. The van der Waals surface area contributed by atoms with Gasteiger partial charge in [0, 0.05) is 29.1 Å². The van der Waals surface area contributed by atoms with E-state index in [-0.39, 0.29) is 23.1 Å². The molecule has 2 saturated carbocycles. The molecule has 0 aliphatic heterocycles. The standard InChI is InChI=1S/C16H14ClFN2O.C9H11ClN2.C7H4ClFO/c1-10-8-16(10,12-4-7-14(17)19-9-12)20-15(21)11-2-5-13(18)6-3-11;1-6-4-9(6,11)7-2-3-8(10)12-5-7;8-7(10)5-1-3-6(9)4-2-5/h2-7,9-10H,8H2,1H3,(H,20,21);2-3,5-6H,4,11H2,1H3;1-4H. The number of hydrogen-bond donors (Lipinski definition) is 2. The van der Waals surface area contributed by atoms with Crippen LogP contribution in [0.2, 0.25) is 10.3 Å². The normalized spacial score (nSPS) is 23.1. The Balaban J connectivity index is 0.000000163. The molecule has 3 N–H and O–H groups in total. The molecule has 1 amide bonds. The van der Waals surface area contributed by atoms with Gasteiger partial charge in [0.25, 0.3) is 11.1 Å². The lowest BCUT2D eigenvalue weighted by atomic mass is 10.0. The van der Waals surface area contributed by atoms with E-state index in [1.807, 2.05) is 12.1 Å². The lowest BCUT2D eigenvalue weighted by Crippen LogP contribution is -2.36. The van der Waals surface area contributed by atoms with Gasteiger partial charge in [0.2, 0.25) is 0 Å². The Morgan fingerprint density at radius 2 is 1.21 bits per heavy atom. The lowest BCUT2D eigenvalue weighted by molar-refractivity contribution is 0.0926. The minimum atomic E-state index is -0.569. The van der Waals surface area contributed by atoms with Crippen molar-refractivity contribution in [1.29, 1.82) is 0 Å². The molecule has 2 heterocycles. The van der Waals surface area contributed by atoms with Crippen LogP contribution in [-0.4, -0.2) is 21.1 Å². The Kier molecular flexibility index (Phi) is 10.2. The monoisotopic (exact) mass is 644 g/mol. The summed E-state index contributed by atoms with van der Waals surface area (Å²) in [5.74, 6) is -0.0516. The highest BCUT2D eigenvalue weighted by atomic mass is 35.5. The fourth-order valence-corrected chi connectivity index (χ4v) is 5.02. The Morgan fingerprint density at radius 3 is 1.58 bits per heavy atom. The van der Waals surface area contributed by atoms with Gasteiger partial charge in [-0.25, -0.2) is 18.7 Å². The molecule has 2 aromatic carbocycles. The molecular weight excluding hydrogens is 617 g/mol. The van der Waals surface area contributed by atoms with Crippen molar-refractivity contribution in [3.63, 3.8) is 0 Å². The average Bonchev–Trinajstić information content (AvgIpc) is 3.83. The molecule has 4 unspecified atom stereocenters. The van der Waals surface area contributed by atoms with Gasteiger partial charge in [-0.15, -0.1) is 0 Å². The van der Waals surface area contributed by atoms with Crippen molar-refractivity contribution < 1.29 is 18.4 Å². The number of amides is 1. The van der Waals surface area contributed by atoms with Crippen LogP contribution in [0.15, 0.2) is 85.2 Å². The van der Waals surface area contributed by atoms with Crippen LogP contribution in [0.5, 0.6) is 0 Å². The van der Waals surface area contributed by atoms with Crippen LogP contribution in [0, 0.1) is 23.5 Å². The summed E-state index contributed by atoms with van der Waals surface area (Å²) in [7, 11) is 0. The van der Waals surface area contributed by atoms with Crippen molar-refractivity contribution >= 4 is 46.0 Å². The van der Waals surface area contributed by atoms with E-state index in [0.717, 1.165) is 24.0 Å². The molecule has 2 aromatic heterocycles. The fourth-order valence-electron chi connectivity index (χ4n) is 4.67. The summed E-state index contributed by atoms with van der Waals surface area (Å²) < 4.78 is 25.1. The topological polar surface area (TPSA) is 98.0 Å². The minimum absolute atomic E-state index is 0.127. The van der Waals surface area contributed by atoms with Crippen LogP contribution < -0.4 is 11.1 Å². The third-order valence-corrected chi connectivity index (χ3v) is 8.36. The zero-order chi connectivity index (χ0) is 31.4. The number of halogens is 5. The van der Waals surface area contributed by atoms with Gasteiger partial charge in [-0.3, -0.25) is 9.59 Å². The number of hydrogen-bond acceptors (Lipinski definition) is 5. The number of aromatic nitrogens is 2. The van der Waals surface area contributed by atoms with E-state index in [0.29, 0.717) is 33.3 Å². The summed E-state index contributed by atoms with van der Waals surface area (Å²) in [6.07, 6.45) is 5.36. The number of nitrogens with one attached hydrogen (secondary N) is 1. The molecule has 0 bridgehead atoms. The van der Waals surface area contributed by atoms with E-state index in [2.05, 4.69) is 29.1 Å². The second-order valence-corrected chi connectivity index (χ2v) is 11.8. The molecule has 6 nitrogen and oxygen atoms in total. The maximum absolute atomic E-state index is 12.9. The quantitative estimate of drug-likeness (QED) is 0.171. The zero-order valence-electron chi connectivity index (χ0n) is 23.3. The second-order valence-electron chi connectivity index (χ2n) is 10.7. The third kappa shape index (κ3) is 8.15. The highest BCUT2D eigenvalue weighted by molar-refractivity contribution is 6.67. The van der Waals surface area contributed by atoms with Crippen LogP contribution in [0.3, 0.4) is 0 Å². The first-order valence-corrected chi connectivity index (χ1v) is 14.5. The van der Waals surface area contributed by atoms with Gasteiger partial charge in [-0.2, -0.15) is 0 Å². The Morgan fingerprint density at radius 1 is 0.767 bits per heavy atom. The Labute approximate surface area is 263 Å². The Bertz CT molecular complexity index is 1570. The largest absolute Gasteiger partial charge is 0.342 e. The maximum Gasteiger partial charge on any atom is 0.252 e. The van der Waals surface area contributed by atoms with Crippen molar-refractivity contribution in [3.8, 4) is 0 Å². The molecule has 0 spiro atoms. The maximum atomic E-state index is 12.9. The number of nitrogens with two attached hydrogens (primary N) is 1. The molecule has 2 aliphatic rings. The molecule has 43 heavy (non-hydrogen) atoms. The van der Waals surface area contributed by atoms with Gasteiger partial charge >= 0.3 is 0 Å². The van der Waals surface area contributed by atoms with Crippen molar-refractivity contribution in [2.45, 2.75) is 37.8 Å². The molecule has 2 fully saturated rings. The first kappa shape index (κ1) is 32.5. The summed E-state index contributed by atoms with van der Waals surface area (Å²) >= 11 is 16.6. The second kappa shape index (κ2) is 13.5. The summed E-state index contributed by atoms with van der Waals surface area (Å²) in [6.45, 7) is 4.22. The van der Waals surface area contributed by atoms with Crippen LogP contribution in [0.1, 0.15) is 58.5 Å². The van der Waals surface area contributed by atoms with Crippen molar-refractivity contribution in [2.75, 3.05) is 0 Å². The predicted molar refractivity (Wildman–Crippen MR) is 164 cm³/mol. The van der Waals surface area contributed by atoms with Crippen LogP contribution >= 0.6 is 34.8 Å². The highest BCUT2D eigenvalue weighted by Gasteiger charge is 2.54. The molecular formula is C32H29Cl3F2N4O2. The number of benzene rings is 2. The first-order chi connectivity index (χ1) is 20.3. The molecule has 224 valence electrons. The molecule has 4 aromatic rings. The molecule has 4 atom stereocenters.